The summed E-state index contributed by atoms with van der Waals surface area (Å²) in [6.07, 6.45) is 0. The van der Waals surface area contributed by atoms with Crippen molar-refractivity contribution >= 4 is 20.2 Å². The van der Waals surface area contributed by atoms with Crippen molar-refractivity contribution in [2.45, 2.75) is 16.3 Å². The average Bonchev–Trinajstić information content (AvgIpc) is 2.46. The van der Waals surface area contributed by atoms with Gasteiger partial charge in [-0.1, -0.05) is 12.1 Å². The van der Waals surface area contributed by atoms with E-state index in [1.54, 1.807) is 0 Å². The molecule has 0 aliphatic heterocycles. The molecule has 0 aromatic heterocycles. The molecule has 124 valence electrons. The number of hydrogen-bond donors (Lipinski definition) is 1. The molecule has 2 aromatic rings. The van der Waals surface area contributed by atoms with Gasteiger partial charge in [0.1, 0.15) is 16.5 Å². The lowest BCUT2D eigenvalue weighted by Gasteiger charge is -2.08. The zero-order chi connectivity index (χ0) is 17.3. The largest absolute Gasteiger partial charge is 0.335 e. The predicted octanol–water partition coefficient (Wildman–Crippen LogP) is 2.10. The van der Waals surface area contributed by atoms with Crippen molar-refractivity contribution < 1.29 is 29.5 Å². The Labute approximate surface area is 131 Å². The minimum atomic E-state index is -5.40. The molecular formula is C13H10F3NO4S2. The van der Waals surface area contributed by atoms with Crippen LogP contribution in [0.4, 0.5) is 12.7 Å². The highest BCUT2D eigenvalue weighted by molar-refractivity contribution is 7.89. The molecule has 10 heteroatoms. The van der Waals surface area contributed by atoms with Crippen LogP contribution in [0, 0.1) is 11.6 Å². The van der Waals surface area contributed by atoms with Crippen LogP contribution in [0.25, 0.3) is 0 Å². The van der Waals surface area contributed by atoms with Gasteiger partial charge in [0.2, 0.25) is 10.0 Å². The third kappa shape index (κ3) is 4.30. The quantitative estimate of drug-likeness (QED) is 0.823. The van der Waals surface area contributed by atoms with Gasteiger partial charge in [0.15, 0.2) is 0 Å². The van der Waals surface area contributed by atoms with Crippen molar-refractivity contribution in [3.05, 3.63) is 59.7 Å². The molecule has 5 nitrogen and oxygen atoms in total. The van der Waals surface area contributed by atoms with E-state index in [9.17, 15) is 29.5 Å². The minimum absolute atomic E-state index is 0.211. The number of rotatable bonds is 5. The van der Waals surface area contributed by atoms with Crippen LogP contribution >= 0.6 is 0 Å². The first-order chi connectivity index (χ1) is 10.6. The Hall–Kier alpha value is -1.91. The van der Waals surface area contributed by atoms with Gasteiger partial charge in [0.25, 0.3) is 0 Å². The Balaban J connectivity index is 2.28. The first kappa shape index (κ1) is 17.4. The summed E-state index contributed by atoms with van der Waals surface area (Å²) in [5.41, 5.74) is 0.440. The molecule has 0 amide bonds. The Bertz CT molecular complexity index is 926. The summed E-state index contributed by atoms with van der Waals surface area (Å²) in [5, 5.41) is 0. The molecule has 0 unspecified atom stereocenters. The van der Waals surface area contributed by atoms with Gasteiger partial charge in [-0.25, -0.2) is 21.9 Å². The summed E-state index contributed by atoms with van der Waals surface area (Å²) in [4.78, 5) is -1.97. The lowest BCUT2D eigenvalue weighted by molar-refractivity contribution is 0.532. The summed E-state index contributed by atoms with van der Waals surface area (Å²) in [5.74, 6) is -1.89. The van der Waals surface area contributed by atoms with Crippen LogP contribution < -0.4 is 4.72 Å². The Morgan fingerprint density at radius 3 is 2.09 bits per heavy atom. The smallest absolute Gasteiger partial charge is 0.207 e. The highest BCUT2D eigenvalue weighted by atomic mass is 32.3. The molecule has 0 radical (unpaired) electrons. The van der Waals surface area contributed by atoms with Gasteiger partial charge < -0.3 is 0 Å². The van der Waals surface area contributed by atoms with Crippen molar-refractivity contribution in [3.63, 3.8) is 0 Å². The number of hydrogen-bond acceptors (Lipinski definition) is 4. The van der Waals surface area contributed by atoms with Crippen LogP contribution in [-0.2, 0) is 26.8 Å². The maximum Gasteiger partial charge on any atom is 0.335 e. The van der Waals surface area contributed by atoms with Crippen LogP contribution in [0.5, 0.6) is 0 Å². The summed E-state index contributed by atoms with van der Waals surface area (Å²) in [6.45, 7) is -0.211. The van der Waals surface area contributed by atoms with Gasteiger partial charge in [0.05, 0.1) is 4.90 Å². The summed E-state index contributed by atoms with van der Waals surface area (Å²) < 4.78 is 86.7. The molecule has 0 atom stereocenters. The van der Waals surface area contributed by atoms with Crippen molar-refractivity contribution in [2.75, 3.05) is 0 Å². The molecule has 23 heavy (non-hydrogen) atoms. The Kier molecular flexibility index (Phi) is 4.78. The van der Waals surface area contributed by atoms with Gasteiger partial charge in [-0.3, -0.25) is 0 Å². The van der Waals surface area contributed by atoms with Crippen molar-refractivity contribution in [1.82, 2.24) is 4.72 Å². The molecule has 1 N–H and O–H groups in total. The fourth-order valence-corrected chi connectivity index (χ4v) is 3.39. The molecule has 0 fully saturated rings. The molecular weight excluding hydrogens is 355 g/mol. The molecule has 0 heterocycles. The first-order valence-corrected chi connectivity index (χ1v) is 8.94. The zero-order valence-corrected chi connectivity index (χ0v) is 13.0. The monoisotopic (exact) mass is 365 g/mol. The van der Waals surface area contributed by atoms with Gasteiger partial charge in [-0.15, -0.1) is 3.89 Å². The van der Waals surface area contributed by atoms with Gasteiger partial charge in [-0.05, 0) is 35.9 Å². The average molecular weight is 365 g/mol. The van der Waals surface area contributed by atoms with E-state index in [4.69, 9.17) is 0 Å². The fraction of sp³-hybridized carbons (Fsp3) is 0.0769. The van der Waals surface area contributed by atoms with Crippen molar-refractivity contribution in [1.29, 1.82) is 0 Å². The molecule has 0 bridgehead atoms. The third-order valence-electron chi connectivity index (χ3n) is 2.86. The lowest BCUT2D eigenvalue weighted by Crippen LogP contribution is -2.23. The van der Waals surface area contributed by atoms with Gasteiger partial charge in [0, 0.05) is 6.54 Å². The van der Waals surface area contributed by atoms with E-state index >= 15 is 0 Å². The number of benzene rings is 2. The SMILES string of the molecule is O=S(=O)(F)c1cc(S(=O)(=O)NCc2ccc(F)cc2)ccc1F. The molecule has 0 aliphatic carbocycles. The van der Waals surface area contributed by atoms with E-state index in [2.05, 4.69) is 4.72 Å². The molecule has 0 aliphatic rings. The van der Waals surface area contributed by atoms with E-state index in [1.165, 1.54) is 12.1 Å². The van der Waals surface area contributed by atoms with Gasteiger partial charge in [-0.2, -0.15) is 8.42 Å². The normalized spacial score (nSPS) is 12.3. The highest BCUT2D eigenvalue weighted by Gasteiger charge is 2.22. The van der Waals surface area contributed by atoms with E-state index in [1.807, 2.05) is 0 Å². The standard InChI is InChI=1S/C13H10F3NO4S2/c14-10-3-1-9(2-4-10)8-17-23(20,21)11-5-6-12(15)13(7-11)22(16,18)19/h1-7,17H,8H2. The molecule has 0 saturated carbocycles. The number of nitrogens with one attached hydrogen (secondary N) is 1. The van der Waals surface area contributed by atoms with Crippen molar-refractivity contribution in [3.8, 4) is 0 Å². The second-order valence-corrected chi connectivity index (χ2v) is 7.56. The third-order valence-corrected chi connectivity index (χ3v) is 5.09. The van der Waals surface area contributed by atoms with Gasteiger partial charge >= 0.3 is 10.2 Å². The van der Waals surface area contributed by atoms with Crippen LogP contribution in [0.3, 0.4) is 0 Å². The minimum Gasteiger partial charge on any atom is -0.207 e. The van der Waals surface area contributed by atoms with E-state index in [0.717, 1.165) is 18.2 Å². The topological polar surface area (TPSA) is 80.3 Å². The number of halogens is 3. The Morgan fingerprint density at radius 1 is 0.913 bits per heavy atom. The van der Waals surface area contributed by atoms with Crippen LogP contribution in [0.15, 0.2) is 52.3 Å². The lowest BCUT2D eigenvalue weighted by atomic mass is 10.2. The van der Waals surface area contributed by atoms with E-state index < -0.39 is 41.7 Å². The van der Waals surface area contributed by atoms with Crippen LogP contribution in [0.2, 0.25) is 0 Å². The molecule has 0 saturated heterocycles. The second kappa shape index (κ2) is 6.30. The summed E-state index contributed by atoms with van der Waals surface area (Å²) >= 11 is 0. The second-order valence-electron chi connectivity index (χ2n) is 4.48. The summed E-state index contributed by atoms with van der Waals surface area (Å²) in [7, 11) is -9.61. The van der Waals surface area contributed by atoms with Crippen molar-refractivity contribution in [2.24, 2.45) is 0 Å². The molecule has 0 spiro atoms. The maximum atomic E-state index is 13.3. The zero-order valence-electron chi connectivity index (χ0n) is 11.3. The highest BCUT2D eigenvalue weighted by Crippen LogP contribution is 2.21. The predicted molar refractivity (Wildman–Crippen MR) is 75.1 cm³/mol. The molecule has 2 rings (SSSR count). The van der Waals surface area contributed by atoms with E-state index in [-0.39, 0.29) is 6.54 Å². The molecule has 2 aromatic carbocycles. The summed E-state index contributed by atoms with van der Waals surface area (Å²) in [6, 6.07) is 6.69. The van der Waals surface area contributed by atoms with E-state index in [0.29, 0.717) is 17.7 Å². The Morgan fingerprint density at radius 2 is 1.52 bits per heavy atom. The fourth-order valence-electron chi connectivity index (χ4n) is 1.70. The van der Waals surface area contributed by atoms with Crippen LogP contribution in [-0.4, -0.2) is 16.8 Å². The first-order valence-electron chi connectivity index (χ1n) is 6.08. The number of sulfonamides is 1. The van der Waals surface area contributed by atoms with Crippen LogP contribution in [0.1, 0.15) is 5.56 Å². The maximum absolute atomic E-state index is 13.3.